The summed E-state index contributed by atoms with van der Waals surface area (Å²) < 4.78 is 2.19. The molecule has 1 saturated heterocycles. The minimum atomic E-state index is -0.478. The second-order valence-electron chi connectivity index (χ2n) is 8.19. The summed E-state index contributed by atoms with van der Waals surface area (Å²) in [7, 11) is 0. The number of carbonyl (C=O) groups is 2. The Labute approximate surface area is 188 Å². The van der Waals surface area contributed by atoms with Gasteiger partial charge < -0.3 is 20.5 Å². The zero-order valence-electron chi connectivity index (χ0n) is 18.9. The van der Waals surface area contributed by atoms with Crippen LogP contribution in [-0.2, 0) is 16.1 Å². The largest absolute Gasteiger partial charge is 0.369 e. The summed E-state index contributed by atoms with van der Waals surface area (Å²) in [5, 5.41) is 12.3. The highest BCUT2D eigenvalue weighted by atomic mass is 16.2. The number of nitrogens with two attached hydrogens (primary N) is 1. The van der Waals surface area contributed by atoms with Crippen LogP contribution in [-0.4, -0.2) is 34.5 Å². The number of hydrogen-bond donors (Lipinski definition) is 2. The third kappa shape index (κ3) is 5.17. The van der Waals surface area contributed by atoms with E-state index in [-0.39, 0.29) is 17.4 Å². The Morgan fingerprint density at radius 3 is 2.78 bits per heavy atom. The topological polar surface area (TPSA) is 117 Å². The van der Waals surface area contributed by atoms with Gasteiger partial charge in [-0.2, -0.15) is 5.26 Å². The first-order chi connectivity index (χ1) is 15.3. The van der Waals surface area contributed by atoms with Gasteiger partial charge in [-0.15, -0.1) is 0 Å². The first-order valence-electron chi connectivity index (χ1n) is 10.9. The minimum absolute atomic E-state index is 0.0335. The average molecular weight is 435 g/mol. The molecule has 0 bridgehead atoms. The first kappa shape index (κ1) is 23.1. The van der Waals surface area contributed by atoms with Crippen molar-refractivity contribution in [1.82, 2.24) is 9.55 Å². The number of amides is 2. The third-order valence-corrected chi connectivity index (χ3v) is 5.88. The molecule has 8 heteroatoms. The van der Waals surface area contributed by atoms with Crippen LogP contribution in [0.1, 0.15) is 43.1 Å². The molecule has 8 nitrogen and oxygen atoms in total. The summed E-state index contributed by atoms with van der Waals surface area (Å²) >= 11 is 0. The number of rotatable bonds is 7. The highest BCUT2D eigenvalue weighted by molar-refractivity contribution is 6.09. The van der Waals surface area contributed by atoms with Crippen LogP contribution < -0.4 is 16.0 Å². The molecule has 1 aliphatic heterocycles. The maximum absolute atomic E-state index is 12.7. The molecule has 2 aromatic heterocycles. The SMILES string of the molecule is CCCn1c(C)cc(/C=C(/C#N)C(=O)Nc2ccc(N3CCCC(C(N)=O)C3)nc2)c1C. The molecule has 2 aromatic rings. The van der Waals surface area contributed by atoms with Gasteiger partial charge in [-0.3, -0.25) is 9.59 Å². The Morgan fingerprint density at radius 2 is 2.16 bits per heavy atom. The highest BCUT2D eigenvalue weighted by Crippen LogP contribution is 2.23. The lowest BCUT2D eigenvalue weighted by Crippen LogP contribution is -2.41. The van der Waals surface area contributed by atoms with Crippen molar-refractivity contribution in [1.29, 1.82) is 5.26 Å². The maximum Gasteiger partial charge on any atom is 0.266 e. The number of nitriles is 1. The monoisotopic (exact) mass is 434 g/mol. The summed E-state index contributed by atoms with van der Waals surface area (Å²) in [5.74, 6) is -0.208. The molecular formula is C24H30N6O2. The zero-order valence-corrected chi connectivity index (χ0v) is 18.9. The number of pyridine rings is 1. The number of nitrogens with one attached hydrogen (secondary N) is 1. The summed E-state index contributed by atoms with van der Waals surface area (Å²) in [6, 6.07) is 7.54. The molecule has 0 aromatic carbocycles. The van der Waals surface area contributed by atoms with Crippen LogP contribution in [0, 0.1) is 31.1 Å². The normalized spacial score (nSPS) is 16.5. The summed E-state index contributed by atoms with van der Waals surface area (Å²) in [6.45, 7) is 8.38. The molecule has 1 fully saturated rings. The molecule has 2 amide bonds. The predicted molar refractivity (Wildman–Crippen MR) is 125 cm³/mol. The van der Waals surface area contributed by atoms with Gasteiger partial charge in [-0.25, -0.2) is 4.98 Å². The number of nitrogens with zero attached hydrogens (tertiary/aromatic N) is 4. The fourth-order valence-electron chi connectivity index (χ4n) is 4.11. The molecule has 0 saturated carbocycles. The lowest BCUT2D eigenvalue weighted by Gasteiger charge is -2.32. The van der Waals surface area contributed by atoms with Gasteiger partial charge in [0.25, 0.3) is 5.91 Å². The van der Waals surface area contributed by atoms with Crippen molar-refractivity contribution in [2.24, 2.45) is 11.7 Å². The molecule has 0 spiro atoms. The van der Waals surface area contributed by atoms with Crippen LogP contribution in [0.25, 0.3) is 6.08 Å². The Kier molecular flexibility index (Phi) is 7.31. The van der Waals surface area contributed by atoms with Crippen molar-refractivity contribution in [3.63, 3.8) is 0 Å². The summed E-state index contributed by atoms with van der Waals surface area (Å²) in [5.41, 5.74) is 8.99. The minimum Gasteiger partial charge on any atom is -0.369 e. The number of aryl methyl sites for hydroxylation is 1. The second-order valence-corrected chi connectivity index (χ2v) is 8.19. The van der Waals surface area contributed by atoms with E-state index in [9.17, 15) is 14.9 Å². The number of carbonyl (C=O) groups excluding carboxylic acids is 2. The number of primary amides is 1. The van der Waals surface area contributed by atoms with Crippen molar-refractivity contribution in [3.05, 3.63) is 46.9 Å². The Morgan fingerprint density at radius 1 is 1.38 bits per heavy atom. The van der Waals surface area contributed by atoms with Gasteiger partial charge in [-0.05, 0) is 62.9 Å². The fourth-order valence-corrected chi connectivity index (χ4v) is 4.11. The average Bonchev–Trinajstić information content (AvgIpc) is 3.05. The summed E-state index contributed by atoms with van der Waals surface area (Å²) in [4.78, 5) is 30.6. The molecule has 32 heavy (non-hydrogen) atoms. The molecule has 1 atom stereocenters. The zero-order chi connectivity index (χ0) is 23.3. The van der Waals surface area contributed by atoms with Crippen molar-refractivity contribution >= 4 is 29.4 Å². The number of piperidine rings is 1. The Balaban J connectivity index is 1.71. The van der Waals surface area contributed by atoms with E-state index in [0.717, 1.165) is 55.1 Å². The third-order valence-electron chi connectivity index (χ3n) is 5.88. The molecule has 0 aliphatic carbocycles. The van der Waals surface area contributed by atoms with E-state index in [1.807, 2.05) is 30.9 Å². The molecule has 1 unspecified atom stereocenters. The number of hydrogen-bond acceptors (Lipinski definition) is 5. The van der Waals surface area contributed by atoms with E-state index in [1.165, 1.54) is 0 Å². The first-order valence-corrected chi connectivity index (χ1v) is 10.9. The van der Waals surface area contributed by atoms with Crippen LogP contribution in [0.4, 0.5) is 11.5 Å². The van der Waals surface area contributed by atoms with Crippen molar-refractivity contribution in [2.75, 3.05) is 23.3 Å². The van der Waals surface area contributed by atoms with Gasteiger partial charge in [0.05, 0.1) is 17.8 Å². The Bertz CT molecular complexity index is 1060. The number of anilines is 2. The van der Waals surface area contributed by atoms with Gasteiger partial charge >= 0.3 is 0 Å². The molecule has 168 valence electrons. The quantitative estimate of drug-likeness (QED) is 0.513. The van der Waals surface area contributed by atoms with Crippen LogP contribution >= 0.6 is 0 Å². The standard InChI is InChI=1S/C24H30N6O2/c1-4-9-30-16(2)11-19(17(30)3)12-20(13-25)24(32)28-21-7-8-22(27-14-21)29-10-5-6-18(15-29)23(26)31/h7-8,11-12,14,18H,4-6,9-10,15H2,1-3H3,(H2,26,31)(H,28,32)/b20-12-. The van der Waals surface area contributed by atoms with Gasteiger partial charge in [0, 0.05) is 31.0 Å². The van der Waals surface area contributed by atoms with Gasteiger partial charge in [0.1, 0.15) is 17.5 Å². The molecule has 1 aliphatic rings. The van der Waals surface area contributed by atoms with Crippen molar-refractivity contribution < 1.29 is 9.59 Å². The van der Waals surface area contributed by atoms with Crippen LogP contribution in [0.3, 0.4) is 0 Å². The second kappa shape index (κ2) is 10.1. The van der Waals surface area contributed by atoms with Crippen LogP contribution in [0.2, 0.25) is 0 Å². The van der Waals surface area contributed by atoms with Gasteiger partial charge in [0.2, 0.25) is 5.91 Å². The molecule has 3 N–H and O–H groups in total. The van der Waals surface area contributed by atoms with Crippen molar-refractivity contribution in [2.45, 2.75) is 46.6 Å². The smallest absolute Gasteiger partial charge is 0.266 e. The van der Waals surface area contributed by atoms with E-state index in [4.69, 9.17) is 5.73 Å². The van der Waals surface area contributed by atoms with Crippen molar-refractivity contribution in [3.8, 4) is 6.07 Å². The van der Waals surface area contributed by atoms with E-state index in [2.05, 4.69) is 21.8 Å². The fraction of sp³-hybridized carbons (Fsp3) is 0.417. The maximum atomic E-state index is 12.7. The van der Waals surface area contributed by atoms with Gasteiger partial charge in [0.15, 0.2) is 0 Å². The van der Waals surface area contributed by atoms with Crippen LogP contribution in [0.5, 0.6) is 0 Å². The lowest BCUT2D eigenvalue weighted by atomic mass is 9.97. The predicted octanol–water partition coefficient (Wildman–Crippen LogP) is 3.16. The lowest BCUT2D eigenvalue weighted by molar-refractivity contribution is -0.122. The molecule has 0 radical (unpaired) electrons. The Hall–Kier alpha value is -3.60. The van der Waals surface area contributed by atoms with E-state index < -0.39 is 5.91 Å². The van der Waals surface area contributed by atoms with E-state index >= 15 is 0 Å². The molecule has 3 heterocycles. The summed E-state index contributed by atoms with van der Waals surface area (Å²) in [6.07, 6.45) is 5.87. The van der Waals surface area contributed by atoms with E-state index in [0.29, 0.717) is 12.2 Å². The molecular weight excluding hydrogens is 404 g/mol. The highest BCUT2D eigenvalue weighted by Gasteiger charge is 2.24. The number of aromatic nitrogens is 2. The van der Waals surface area contributed by atoms with Crippen LogP contribution in [0.15, 0.2) is 30.0 Å². The molecule has 3 rings (SSSR count). The van der Waals surface area contributed by atoms with E-state index in [1.54, 1.807) is 24.4 Å². The van der Waals surface area contributed by atoms with Gasteiger partial charge in [-0.1, -0.05) is 6.92 Å².